The first-order valence-electron chi connectivity index (χ1n) is 13.1. The summed E-state index contributed by atoms with van der Waals surface area (Å²) in [5.74, 6) is 0.268. The van der Waals surface area contributed by atoms with Crippen LogP contribution in [0.1, 0.15) is 65.0 Å². The van der Waals surface area contributed by atoms with Gasteiger partial charge in [0.1, 0.15) is 11.8 Å². The maximum absolute atomic E-state index is 13.6. The predicted molar refractivity (Wildman–Crippen MR) is 153 cm³/mol. The first kappa shape index (κ1) is 31.1. The van der Waals surface area contributed by atoms with E-state index < -0.39 is 21.6 Å². The Labute approximate surface area is 228 Å². The lowest BCUT2D eigenvalue weighted by molar-refractivity contribution is -0.142. The van der Waals surface area contributed by atoms with Crippen molar-refractivity contribution in [2.45, 2.75) is 78.9 Å². The van der Waals surface area contributed by atoms with E-state index in [4.69, 9.17) is 4.74 Å². The van der Waals surface area contributed by atoms with Crippen molar-refractivity contribution in [3.63, 3.8) is 0 Å². The van der Waals surface area contributed by atoms with Crippen molar-refractivity contribution in [2.24, 2.45) is 0 Å². The van der Waals surface area contributed by atoms with Crippen LogP contribution in [0.5, 0.6) is 5.75 Å². The Hall–Kier alpha value is -3.07. The first-order chi connectivity index (χ1) is 17.8. The summed E-state index contributed by atoms with van der Waals surface area (Å²) < 4.78 is 31.9. The number of hydrogen-bond donors (Lipinski definition) is 1. The largest absolute Gasteiger partial charge is 0.494 e. The van der Waals surface area contributed by atoms with Gasteiger partial charge in [0.25, 0.3) is 0 Å². The molecule has 0 bridgehead atoms. The standard InChI is InChI=1S/C29H43N3O5S/c1-8-26(28(34)30-29(4,5)6)31(21-23-14-11-10-13-22(23)3)27(33)15-12-20-32(38(7,35)36)24-16-18-25(19-17-24)37-9-2/h10-11,13-14,16-19,26H,8-9,12,15,20-21H2,1-7H3,(H,30,34). The van der Waals surface area contributed by atoms with Crippen molar-refractivity contribution in [1.82, 2.24) is 10.2 Å². The smallest absolute Gasteiger partial charge is 0.243 e. The lowest BCUT2D eigenvalue weighted by atomic mass is 10.0. The van der Waals surface area contributed by atoms with Gasteiger partial charge in [0.2, 0.25) is 21.8 Å². The summed E-state index contributed by atoms with van der Waals surface area (Å²) in [4.78, 5) is 28.4. The Balaban J connectivity index is 2.23. The molecule has 0 saturated carbocycles. The van der Waals surface area contributed by atoms with Crippen LogP contribution in [0, 0.1) is 6.92 Å². The molecule has 2 aromatic rings. The Morgan fingerprint density at radius 2 is 1.66 bits per heavy atom. The molecule has 8 nitrogen and oxygen atoms in total. The van der Waals surface area contributed by atoms with Crippen molar-refractivity contribution in [1.29, 1.82) is 0 Å². The third kappa shape index (κ3) is 9.35. The molecule has 9 heteroatoms. The summed E-state index contributed by atoms with van der Waals surface area (Å²) in [6.07, 6.45) is 2.02. The minimum Gasteiger partial charge on any atom is -0.494 e. The second kappa shape index (κ2) is 13.6. The van der Waals surface area contributed by atoms with Crippen LogP contribution in [0.15, 0.2) is 48.5 Å². The average Bonchev–Trinajstić information content (AvgIpc) is 2.82. The van der Waals surface area contributed by atoms with Gasteiger partial charge in [-0.15, -0.1) is 0 Å². The molecule has 0 aliphatic heterocycles. The van der Waals surface area contributed by atoms with Crippen LogP contribution >= 0.6 is 0 Å². The van der Waals surface area contributed by atoms with Gasteiger partial charge in [-0.3, -0.25) is 13.9 Å². The topological polar surface area (TPSA) is 96.0 Å². The fourth-order valence-electron chi connectivity index (χ4n) is 4.22. The fourth-order valence-corrected chi connectivity index (χ4v) is 5.19. The number of sulfonamides is 1. The molecule has 0 radical (unpaired) electrons. The van der Waals surface area contributed by atoms with Crippen molar-refractivity contribution in [3.05, 3.63) is 59.7 Å². The third-order valence-corrected chi connectivity index (χ3v) is 7.27. The van der Waals surface area contributed by atoms with E-state index >= 15 is 0 Å². The Kier molecular flexibility index (Phi) is 11.2. The zero-order valence-corrected chi connectivity index (χ0v) is 24.6. The average molecular weight is 546 g/mol. The van der Waals surface area contributed by atoms with E-state index in [0.29, 0.717) is 37.4 Å². The molecule has 0 heterocycles. The number of carbonyl (C=O) groups is 2. The van der Waals surface area contributed by atoms with Crippen LogP contribution < -0.4 is 14.4 Å². The number of rotatable bonds is 13. The normalized spacial score (nSPS) is 12.5. The first-order valence-corrected chi connectivity index (χ1v) is 15.0. The highest BCUT2D eigenvalue weighted by Gasteiger charge is 2.31. The summed E-state index contributed by atoms with van der Waals surface area (Å²) in [5.41, 5.74) is 2.08. The number of aryl methyl sites for hydroxylation is 1. The van der Waals surface area contributed by atoms with Crippen LogP contribution in [-0.4, -0.2) is 56.1 Å². The Bertz CT molecular complexity index is 1170. The van der Waals surface area contributed by atoms with E-state index in [2.05, 4.69) is 5.32 Å². The molecule has 0 aromatic heterocycles. The molecule has 2 rings (SSSR count). The summed E-state index contributed by atoms with van der Waals surface area (Å²) in [6, 6.07) is 14.0. The number of benzene rings is 2. The minimum atomic E-state index is -3.57. The Morgan fingerprint density at radius 3 is 2.18 bits per heavy atom. The lowest BCUT2D eigenvalue weighted by Crippen LogP contribution is -2.53. The molecule has 0 fully saturated rings. The Morgan fingerprint density at radius 1 is 1.03 bits per heavy atom. The van der Waals surface area contributed by atoms with E-state index in [1.807, 2.05) is 65.8 Å². The predicted octanol–water partition coefficient (Wildman–Crippen LogP) is 4.66. The van der Waals surface area contributed by atoms with Crippen molar-refractivity contribution < 1.29 is 22.7 Å². The summed E-state index contributed by atoms with van der Waals surface area (Å²) >= 11 is 0. The molecule has 2 aromatic carbocycles. The number of hydrogen-bond acceptors (Lipinski definition) is 5. The number of anilines is 1. The van der Waals surface area contributed by atoms with Crippen LogP contribution in [-0.2, 0) is 26.2 Å². The molecule has 2 amide bonds. The van der Waals surface area contributed by atoms with Gasteiger partial charge in [-0.05, 0) is 82.9 Å². The van der Waals surface area contributed by atoms with E-state index in [9.17, 15) is 18.0 Å². The molecule has 0 aliphatic carbocycles. The van der Waals surface area contributed by atoms with Crippen LogP contribution in [0.3, 0.4) is 0 Å². The quantitative estimate of drug-likeness (QED) is 0.395. The van der Waals surface area contributed by atoms with Crippen molar-refractivity contribution in [3.8, 4) is 5.75 Å². The van der Waals surface area contributed by atoms with Crippen molar-refractivity contribution in [2.75, 3.05) is 23.7 Å². The highest BCUT2D eigenvalue weighted by molar-refractivity contribution is 7.92. The highest BCUT2D eigenvalue weighted by atomic mass is 32.2. The molecule has 1 unspecified atom stereocenters. The minimum absolute atomic E-state index is 0.105. The highest BCUT2D eigenvalue weighted by Crippen LogP contribution is 2.23. The van der Waals surface area contributed by atoms with Crippen molar-refractivity contribution >= 4 is 27.5 Å². The van der Waals surface area contributed by atoms with E-state index in [0.717, 1.165) is 17.4 Å². The van der Waals surface area contributed by atoms with E-state index in [1.54, 1.807) is 29.2 Å². The zero-order valence-electron chi connectivity index (χ0n) is 23.8. The number of nitrogens with one attached hydrogen (secondary N) is 1. The second-order valence-electron chi connectivity index (χ2n) is 10.5. The van der Waals surface area contributed by atoms with Gasteiger partial charge in [-0.25, -0.2) is 8.42 Å². The van der Waals surface area contributed by atoms with Crippen LogP contribution in [0.4, 0.5) is 5.69 Å². The number of amides is 2. The second-order valence-corrected chi connectivity index (χ2v) is 12.4. The van der Waals surface area contributed by atoms with Gasteiger partial charge in [0.15, 0.2) is 0 Å². The molecule has 0 spiro atoms. The number of carbonyl (C=O) groups excluding carboxylic acids is 2. The van der Waals surface area contributed by atoms with Gasteiger partial charge < -0.3 is 15.0 Å². The maximum Gasteiger partial charge on any atom is 0.243 e. The summed E-state index contributed by atoms with van der Waals surface area (Å²) in [5, 5.41) is 3.00. The van der Waals surface area contributed by atoms with Crippen LogP contribution in [0.25, 0.3) is 0 Å². The summed E-state index contributed by atoms with van der Waals surface area (Å²) in [6.45, 7) is 12.4. The SMILES string of the molecule is CCOc1ccc(N(CCCC(=O)N(Cc2ccccc2C)C(CC)C(=O)NC(C)(C)C)S(C)(=O)=O)cc1. The van der Waals surface area contributed by atoms with Gasteiger partial charge in [0, 0.05) is 25.0 Å². The lowest BCUT2D eigenvalue weighted by Gasteiger charge is -2.33. The molecule has 1 atom stereocenters. The third-order valence-electron chi connectivity index (χ3n) is 6.07. The molecule has 210 valence electrons. The van der Waals surface area contributed by atoms with Gasteiger partial charge in [-0.2, -0.15) is 0 Å². The number of nitrogens with zero attached hydrogens (tertiary/aromatic N) is 2. The molecule has 38 heavy (non-hydrogen) atoms. The monoisotopic (exact) mass is 545 g/mol. The molecular weight excluding hydrogens is 502 g/mol. The van der Waals surface area contributed by atoms with Gasteiger partial charge in [-0.1, -0.05) is 31.2 Å². The molecule has 0 aliphatic rings. The molecular formula is C29H43N3O5S. The maximum atomic E-state index is 13.6. The zero-order chi connectivity index (χ0) is 28.5. The van der Waals surface area contributed by atoms with Crippen LogP contribution in [0.2, 0.25) is 0 Å². The summed E-state index contributed by atoms with van der Waals surface area (Å²) in [7, 11) is -3.57. The molecule has 0 saturated heterocycles. The van der Waals surface area contributed by atoms with E-state index in [1.165, 1.54) is 4.31 Å². The van der Waals surface area contributed by atoms with E-state index in [-0.39, 0.29) is 24.8 Å². The number of ether oxygens (including phenoxy) is 1. The van der Waals surface area contributed by atoms with Gasteiger partial charge in [0.05, 0.1) is 18.6 Å². The molecule has 1 N–H and O–H groups in total. The van der Waals surface area contributed by atoms with Gasteiger partial charge >= 0.3 is 0 Å². The fraction of sp³-hybridized carbons (Fsp3) is 0.517.